The number of hydrogen-bond acceptors (Lipinski definition) is 6. The van der Waals surface area contributed by atoms with Crippen molar-refractivity contribution in [2.45, 2.75) is 36.6 Å². The first-order valence-electron chi connectivity index (χ1n) is 9.51. The summed E-state index contributed by atoms with van der Waals surface area (Å²) in [5.74, 6) is 1.13. The van der Waals surface area contributed by atoms with Crippen molar-refractivity contribution in [2.24, 2.45) is 3.77 Å². The molecule has 2 N–H and O–H groups in total. The topological polar surface area (TPSA) is 96.3 Å². The van der Waals surface area contributed by atoms with Gasteiger partial charge in [0.1, 0.15) is 5.82 Å². The van der Waals surface area contributed by atoms with Gasteiger partial charge in [0.25, 0.3) is 10.0 Å². The number of hydrogen-bond donors (Lipinski definition) is 2. The molecule has 0 amide bonds. The van der Waals surface area contributed by atoms with Crippen molar-refractivity contribution >= 4 is 54.1 Å². The Morgan fingerprint density at radius 1 is 1.13 bits per heavy atom. The lowest BCUT2D eigenvalue weighted by Gasteiger charge is -2.13. The van der Waals surface area contributed by atoms with Crippen LogP contribution in [0.25, 0.3) is 0 Å². The van der Waals surface area contributed by atoms with E-state index in [1.807, 2.05) is 45.0 Å². The van der Waals surface area contributed by atoms with Gasteiger partial charge < -0.3 is 10.6 Å². The maximum absolute atomic E-state index is 12.7. The number of rotatable bonds is 7. The molecule has 0 fully saturated rings. The van der Waals surface area contributed by atoms with Crippen LogP contribution in [-0.4, -0.2) is 30.7 Å². The number of anilines is 3. The number of nitrogens with one attached hydrogen (secondary N) is 2. The van der Waals surface area contributed by atoms with Crippen molar-refractivity contribution in [3.8, 4) is 0 Å². The molecule has 0 radical (unpaired) electrons. The molecule has 2 aromatic carbocycles. The number of aryl methyl sites for hydroxylation is 1. The highest BCUT2D eigenvalue weighted by Crippen LogP contribution is 2.24. The van der Waals surface area contributed by atoms with Crippen LogP contribution in [0, 0.1) is 6.92 Å². The summed E-state index contributed by atoms with van der Waals surface area (Å²) in [4.78, 5) is 9.77. The van der Waals surface area contributed by atoms with Gasteiger partial charge in [-0.3, -0.25) is 0 Å². The maximum Gasteiger partial charge on any atom is 0.288 e. The van der Waals surface area contributed by atoms with Crippen molar-refractivity contribution < 1.29 is 8.42 Å². The first kappa shape index (κ1) is 23.4. The van der Waals surface area contributed by atoms with Gasteiger partial charge >= 0.3 is 0 Å². The number of aromatic nitrogens is 2. The van der Waals surface area contributed by atoms with Crippen LogP contribution in [0.2, 0.25) is 0 Å². The molecule has 164 valence electrons. The van der Waals surface area contributed by atoms with Gasteiger partial charge in [-0.2, -0.15) is 13.4 Å². The standard InChI is InChI=1S/C21H24BrN5O2S2/c1-14(2)24-20-19(22)13-23-21(26-20)25-16-6-5-7-17(12-16)30(4)27-31(28,29)18-10-8-15(3)9-11-18/h5-14H,1-4H3,(H2,23,24,25,26). The highest BCUT2D eigenvalue weighted by atomic mass is 79.9. The summed E-state index contributed by atoms with van der Waals surface area (Å²) in [6.45, 7) is 5.97. The monoisotopic (exact) mass is 521 g/mol. The van der Waals surface area contributed by atoms with E-state index in [1.165, 1.54) is 0 Å². The zero-order valence-corrected chi connectivity index (χ0v) is 20.8. The summed E-state index contributed by atoms with van der Waals surface area (Å²) in [6, 6.07) is 14.4. The largest absolute Gasteiger partial charge is 0.367 e. The summed E-state index contributed by atoms with van der Waals surface area (Å²) in [5.41, 5.74) is 1.74. The minimum atomic E-state index is -3.74. The minimum absolute atomic E-state index is 0.195. The average Bonchev–Trinajstić information content (AvgIpc) is 2.70. The number of halogens is 1. The van der Waals surface area contributed by atoms with Gasteiger partial charge in [-0.25, -0.2) is 4.98 Å². The molecule has 0 aliphatic carbocycles. The number of sulfonamides is 1. The van der Waals surface area contributed by atoms with Crippen molar-refractivity contribution in [3.63, 3.8) is 0 Å². The molecule has 0 saturated carbocycles. The third-order valence-electron chi connectivity index (χ3n) is 4.13. The lowest BCUT2D eigenvalue weighted by molar-refractivity contribution is 0.598. The van der Waals surface area contributed by atoms with Gasteiger partial charge in [0, 0.05) is 22.8 Å². The Balaban J connectivity index is 1.84. The van der Waals surface area contributed by atoms with E-state index in [9.17, 15) is 8.42 Å². The maximum atomic E-state index is 12.7. The minimum Gasteiger partial charge on any atom is -0.367 e. The van der Waals surface area contributed by atoms with Crippen molar-refractivity contribution in [1.29, 1.82) is 0 Å². The Kier molecular flexibility index (Phi) is 7.45. The van der Waals surface area contributed by atoms with Crippen LogP contribution in [-0.2, 0) is 20.7 Å². The highest BCUT2D eigenvalue weighted by Gasteiger charge is 2.13. The molecule has 0 spiro atoms. The lowest BCUT2D eigenvalue weighted by atomic mass is 10.2. The fourth-order valence-electron chi connectivity index (χ4n) is 2.63. The van der Waals surface area contributed by atoms with E-state index in [1.54, 1.807) is 36.7 Å². The zero-order chi connectivity index (χ0) is 22.6. The van der Waals surface area contributed by atoms with Crippen LogP contribution < -0.4 is 10.6 Å². The first-order chi connectivity index (χ1) is 14.6. The fraction of sp³-hybridized carbons (Fsp3) is 0.238. The van der Waals surface area contributed by atoms with E-state index < -0.39 is 20.7 Å². The second-order valence-electron chi connectivity index (χ2n) is 7.18. The van der Waals surface area contributed by atoms with Gasteiger partial charge in [0.05, 0.1) is 9.37 Å². The van der Waals surface area contributed by atoms with E-state index in [0.29, 0.717) is 11.8 Å². The van der Waals surface area contributed by atoms with Crippen molar-refractivity contribution in [1.82, 2.24) is 9.97 Å². The highest BCUT2D eigenvalue weighted by molar-refractivity contribution is 9.10. The van der Waals surface area contributed by atoms with E-state index >= 15 is 0 Å². The summed E-state index contributed by atoms with van der Waals surface area (Å²) in [7, 11) is -4.60. The Labute approximate surface area is 194 Å². The summed E-state index contributed by atoms with van der Waals surface area (Å²) in [6.07, 6.45) is 3.46. The van der Waals surface area contributed by atoms with Gasteiger partial charge in [0.15, 0.2) is 0 Å². The van der Waals surface area contributed by atoms with Crippen molar-refractivity contribution in [3.05, 3.63) is 64.8 Å². The molecule has 1 atom stereocenters. The Bertz CT molecular complexity index is 1210. The zero-order valence-electron chi connectivity index (χ0n) is 17.6. The molecule has 0 bridgehead atoms. The average molecular weight is 522 g/mol. The molecular weight excluding hydrogens is 498 g/mol. The third kappa shape index (κ3) is 6.34. The van der Waals surface area contributed by atoms with Gasteiger partial charge in [-0.1, -0.05) is 34.5 Å². The molecule has 1 aromatic heterocycles. The Hall–Kier alpha value is -2.30. The fourth-order valence-corrected chi connectivity index (χ4v) is 5.86. The molecule has 31 heavy (non-hydrogen) atoms. The van der Waals surface area contributed by atoms with Crippen LogP contribution in [0.15, 0.2) is 72.8 Å². The molecule has 1 unspecified atom stereocenters. The van der Waals surface area contributed by atoms with Crippen LogP contribution in [0.5, 0.6) is 0 Å². The Morgan fingerprint density at radius 2 is 1.84 bits per heavy atom. The number of nitrogens with zero attached hydrogens (tertiary/aromatic N) is 3. The lowest BCUT2D eigenvalue weighted by Crippen LogP contribution is -2.12. The van der Waals surface area contributed by atoms with Crippen LogP contribution >= 0.6 is 15.9 Å². The van der Waals surface area contributed by atoms with Gasteiger partial charge in [0.2, 0.25) is 5.95 Å². The predicted molar refractivity (Wildman–Crippen MR) is 131 cm³/mol. The van der Waals surface area contributed by atoms with E-state index in [4.69, 9.17) is 0 Å². The quantitative estimate of drug-likeness (QED) is 0.438. The van der Waals surface area contributed by atoms with Crippen molar-refractivity contribution in [2.75, 3.05) is 16.9 Å². The normalized spacial score (nSPS) is 12.7. The molecule has 0 aliphatic heterocycles. The third-order valence-corrected chi connectivity index (χ3v) is 8.19. The van der Waals surface area contributed by atoms with Crippen LogP contribution in [0.3, 0.4) is 0 Å². The molecule has 3 aromatic rings. The molecule has 10 heteroatoms. The first-order valence-corrected chi connectivity index (χ1v) is 13.3. The van der Waals surface area contributed by atoms with Crippen LogP contribution in [0.1, 0.15) is 19.4 Å². The SMILES string of the molecule is Cc1ccc(S(=O)(=O)N=S(C)c2cccc(Nc3ncc(Br)c(NC(C)C)n3)c2)cc1. The van der Waals surface area contributed by atoms with E-state index in [0.717, 1.165) is 20.6 Å². The predicted octanol–water partition coefficient (Wildman–Crippen LogP) is 5.29. The van der Waals surface area contributed by atoms with Gasteiger partial charge in [-0.15, -0.1) is 3.77 Å². The molecule has 0 aliphatic rings. The Morgan fingerprint density at radius 3 is 2.52 bits per heavy atom. The molecule has 3 rings (SSSR count). The van der Waals surface area contributed by atoms with E-state index in [-0.39, 0.29) is 10.9 Å². The molecular formula is C21H24BrN5O2S2. The second kappa shape index (κ2) is 9.88. The second-order valence-corrected chi connectivity index (χ2v) is 11.5. The number of benzene rings is 2. The van der Waals surface area contributed by atoms with Gasteiger partial charge in [-0.05, 0) is 73.3 Å². The van der Waals surface area contributed by atoms with Crippen LogP contribution in [0.4, 0.5) is 17.5 Å². The smallest absolute Gasteiger partial charge is 0.288 e. The summed E-state index contributed by atoms with van der Waals surface area (Å²) >= 11 is 3.44. The molecule has 7 nitrogen and oxygen atoms in total. The molecule has 1 heterocycles. The molecule has 0 saturated heterocycles. The summed E-state index contributed by atoms with van der Waals surface area (Å²) in [5, 5.41) is 6.43. The summed E-state index contributed by atoms with van der Waals surface area (Å²) < 4.78 is 30.2. The van der Waals surface area contributed by atoms with E-state index in [2.05, 4.69) is 40.3 Å².